The van der Waals surface area contributed by atoms with Gasteiger partial charge in [0, 0.05) is 31.3 Å². The number of hydrogen-bond acceptors (Lipinski definition) is 5. The van der Waals surface area contributed by atoms with Gasteiger partial charge in [0.05, 0.1) is 0 Å². The summed E-state index contributed by atoms with van der Waals surface area (Å²) < 4.78 is 42.9. The van der Waals surface area contributed by atoms with E-state index >= 15 is 0 Å². The van der Waals surface area contributed by atoms with E-state index < -0.39 is 17.8 Å². The van der Waals surface area contributed by atoms with E-state index in [0.717, 1.165) is 12.3 Å². The van der Waals surface area contributed by atoms with Gasteiger partial charge in [-0.05, 0) is 12.5 Å². The van der Waals surface area contributed by atoms with Gasteiger partial charge in [0.25, 0.3) is 5.91 Å². The van der Waals surface area contributed by atoms with Crippen LogP contribution in [0.1, 0.15) is 34.4 Å². The van der Waals surface area contributed by atoms with Crippen molar-refractivity contribution in [3.05, 3.63) is 40.8 Å². The minimum absolute atomic E-state index is 0.0133. The summed E-state index contributed by atoms with van der Waals surface area (Å²) in [4.78, 5) is 21.1. The van der Waals surface area contributed by atoms with Crippen LogP contribution in [0, 0.1) is 0 Å². The molecular formula is C13H10ClF3N4O2. The number of carbonyl (C=O) groups excluding carboxylic acids is 1. The van der Waals surface area contributed by atoms with Gasteiger partial charge >= 0.3 is 6.18 Å². The van der Waals surface area contributed by atoms with E-state index in [1.54, 1.807) is 0 Å². The number of rotatable bonds is 2. The smallest absolute Gasteiger partial charge is 0.349 e. The number of hydrogen-bond donors (Lipinski definition) is 0. The lowest BCUT2D eigenvalue weighted by Gasteiger charge is -2.14. The Kier molecular flexibility index (Phi) is 3.97. The summed E-state index contributed by atoms with van der Waals surface area (Å²) >= 11 is 5.59. The highest BCUT2D eigenvalue weighted by Gasteiger charge is 2.35. The highest BCUT2D eigenvalue weighted by atomic mass is 35.5. The van der Waals surface area contributed by atoms with E-state index in [9.17, 15) is 18.0 Å². The van der Waals surface area contributed by atoms with Gasteiger partial charge in [-0.25, -0.2) is 9.97 Å². The Bertz CT molecular complexity index is 734. The summed E-state index contributed by atoms with van der Waals surface area (Å²) in [5.41, 5.74) is -0.991. The van der Waals surface area contributed by atoms with Crippen LogP contribution in [0.25, 0.3) is 0 Å². The molecule has 2 aromatic rings. The summed E-state index contributed by atoms with van der Waals surface area (Å²) in [6, 6.07) is 2.11. The van der Waals surface area contributed by atoms with Crippen LogP contribution in [0.15, 0.2) is 22.9 Å². The van der Waals surface area contributed by atoms with Crippen LogP contribution in [0.3, 0.4) is 0 Å². The van der Waals surface area contributed by atoms with Crippen LogP contribution in [0.5, 0.6) is 0 Å². The zero-order valence-electron chi connectivity index (χ0n) is 11.5. The molecule has 0 aliphatic carbocycles. The SMILES string of the molecule is O=C(c1cc(Cl)no1)N1CCC(c2nccc(C(F)(F)F)n2)C1. The first-order valence-corrected chi connectivity index (χ1v) is 7.04. The molecule has 3 rings (SSSR count). The summed E-state index contributed by atoms with van der Waals surface area (Å²) in [6.45, 7) is 0.569. The summed E-state index contributed by atoms with van der Waals surface area (Å²) in [6.07, 6.45) is -2.98. The third kappa shape index (κ3) is 3.29. The third-order valence-electron chi connectivity index (χ3n) is 3.50. The van der Waals surface area contributed by atoms with Gasteiger partial charge in [-0.3, -0.25) is 4.79 Å². The first-order valence-electron chi connectivity index (χ1n) is 6.66. The Balaban J connectivity index is 1.74. The van der Waals surface area contributed by atoms with Crippen LogP contribution in [-0.4, -0.2) is 39.0 Å². The molecule has 1 amide bonds. The maximum atomic E-state index is 12.7. The van der Waals surface area contributed by atoms with Gasteiger partial charge in [0.1, 0.15) is 11.5 Å². The molecule has 0 bridgehead atoms. The number of nitrogens with zero attached hydrogens (tertiary/aromatic N) is 4. The zero-order valence-corrected chi connectivity index (χ0v) is 12.3. The fraction of sp³-hybridized carbons (Fsp3) is 0.385. The van der Waals surface area contributed by atoms with Crippen molar-refractivity contribution in [1.29, 1.82) is 0 Å². The van der Waals surface area contributed by atoms with E-state index in [-0.39, 0.29) is 29.2 Å². The summed E-state index contributed by atoms with van der Waals surface area (Å²) in [7, 11) is 0. The molecule has 1 aliphatic rings. The second-order valence-corrected chi connectivity index (χ2v) is 5.44. The van der Waals surface area contributed by atoms with E-state index in [1.807, 2.05) is 0 Å². The van der Waals surface area contributed by atoms with Crippen LogP contribution in [-0.2, 0) is 6.18 Å². The lowest BCUT2D eigenvalue weighted by molar-refractivity contribution is -0.141. The highest BCUT2D eigenvalue weighted by molar-refractivity contribution is 6.29. The van der Waals surface area contributed by atoms with Crippen LogP contribution >= 0.6 is 11.6 Å². The molecule has 0 aromatic carbocycles. The largest absolute Gasteiger partial charge is 0.433 e. The van der Waals surface area contributed by atoms with Crippen molar-refractivity contribution in [2.45, 2.75) is 18.5 Å². The quantitative estimate of drug-likeness (QED) is 0.836. The summed E-state index contributed by atoms with van der Waals surface area (Å²) in [5.74, 6) is -0.718. The average molecular weight is 347 g/mol. The molecule has 1 saturated heterocycles. The molecule has 0 radical (unpaired) electrons. The van der Waals surface area contributed by atoms with Gasteiger partial charge in [0.15, 0.2) is 5.15 Å². The molecule has 1 aliphatic heterocycles. The van der Waals surface area contributed by atoms with Crippen molar-refractivity contribution >= 4 is 17.5 Å². The molecule has 10 heteroatoms. The molecule has 0 N–H and O–H groups in total. The molecule has 6 nitrogen and oxygen atoms in total. The first kappa shape index (κ1) is 15.7. The Morgan fingerprint density at radius 1 is 1.43 bits per heavy atom. The number of amides is 1. The first-order chi connectivity index (χ1) is 10.8. The number of carbonyl (C=O) groups is 1. The Morgan fingerprint density at radius 2 is 2.22 bits per heavy atom. The highest BCUT2D eigenvalue weighted by Crippen LogP contribution is 2.30. The molecule has 1 atom stereocenters. The fourth-order valence-corrected chi connectivity index (χ4v) is 2.53. The van der Waals surface area contributed by atoms with Gasteiger partial charge in [-0.2, -0.15) is 13.2 Å². The monoisotopic (exact) mass is 346 g/mol. The maximum Gasteiger partial charge on any atom is 0.433 e. The standard InChI is InChI=1S/C13H10ClF3N4O2/c14-10-5-8(23-20-10)12(22)21-4-2-7(6-21)11-18-3-1-9(19-11)13(15,16)17/h1,3,5,7H,2,4,6H2. The molecule has 1 unspecified atom stereocenters. The average Bonchev–Trinajstić information content (AvgIpc) is 3.15. The third-order valence-corrected chi connectivity index (χ3v) is 3.68. The zero-order chi connectivity index (χ0) is 16.6. The van der Waals surface area contributed by atoms with Crippen LogP contribution in [0.4, 0.5) is 13.2 Å². The van der Waals surface area contributed by atoms with Crippen molar-refractivity contribution in [3.63, 3.8) is 0 Å². The Morgan fingerprint density at radius 3 is 2.87 bits per heavy atom. The van der Waals surface area contributed by atoms with E-state index in [4.69, 9.17) is 16.1 Å². The molecular weight excluding hydrogens is 337 g/mol. The minimum atomic E-state index is -4.53. The van der Waals surface area contributed by atoms with Gasteiger partial charge in [-0.15, -0.1) is 0 Å². The number of aromatic nitrogens is 3. The normalized spacial score (nSPS) is 18.4. The molecule has 3 heterocycles. The number of halogens is 4. The predicted octanol–water partition coefficient (Wildman–Crippen LogP) is 2.77. The van der Waals surface area contributed by atoms with Gasteiger partial charge < -0.3 is 9.42 Å². The van der Waals surface area contributed by atoms with Crippen molar-refractivity contribution in [3.8, 4) is 0 Å². The lowest BCUT2D eigenvalue weighted by Crippen LogP contribution is -2.28. The van der Waals surface area contributed by atoms with Crippen molar-refractivity contribution in [1.82, 2.24) is 20.0 Å². The predicted molar refractivity (Wildman–Crippen MR) is 71.8 cm³/mol. The maximum absolute atomic E-state index is 12.7. The number of likely N-dealkylation sites (tertiary alicyclic amines) is 1. The second kappa shape index (κ2) is 5.80. The Labute approximate surface area is 133 Å². The van der Waals surface area contributed by atoms with E-state index in [1.165, 1.54) is 11.0 Å². The van der Waals surface area contributed by atoms with Crippen molar-refractivity contribution < 1.29 is 22.5 Å². The van der Waals surface area contributed by atoms with Crippen molar-refractivity contribution in [2.24, 2.45) is 0 Å². The van der Waals surface area contributed by atoms with Gasteiger partial charge in [0.2, 0.25) is 5.76 Å². The van der Waals surface area contributed by atoms with E-state index in [2.05, 4.69) is 15.1 Å². The molecule has 0 spiro atoms. The van der Waals surface area contributed by atoms with Crippen molar-refractivity contribution in [2.75, 3.05) is 13.1 Å². The Hall–Kier alpha value is -2.16. The molecule has 23 heavy (non-hydrogen) atoms. The minimum Gasteiger partial charge on any atom is -0.349 e. The molecule has 1 fully saturated rings. The summed E-state index contributed by atoms with van der Waals surface area (Å²) in [5, 5.41) is 3.48. The lowest BCUT2D eigenvalue weighted by atomic mass is 10.1. The van der Waals surface area contributed by atoms with E-state index in [0.29, 0.717) is 13.0 Å². The fourth-order valence-electron chi connectivity index (χ4n) is 2.39. The van der Waals surface area contributed by atoms with Crippen LogP contribution < -0.4 is 0 Å². The molecule has 2 aromatic heterocycles. The second-order valence-electron chi connectivity index (χ2n) is 5.05. The van der Waals surface area contributed by atoms with Crippen LogP contribution in [0.2, 0.25) is 5.15 Å². The topological polar surface area (TPSA) is 72.1 Å². The number of alkyl halides is 3. The molecule has 122 valence electrons. The van der Waals surface area contributed by atoms with Gasteiger partial charge in [-0.1, -0.05) is 16.8 Å². The molecule has 0 saturated carbocycles.